The van der Waals surface area contributed by atoms with Crippen LogP contribution in [0.25, 0.3) is 0 Å². The van der Waals surface area contributed by atoms with Crippen molar-refractivity contribution in [3.63, 3.8) is 0 Å². The Hall–Kier alpha value is -1.34. The first kappa shape index (κ1) is 9.22. The van der Waals surface area contributed by atoms with E-state index in [0.717, 1.165) is 17.2 Å². The van der Waals surface area contributed by atoms with Crippen LogP contribution in [-0.2, 0) is 6.54 Å². The highest BCUT2D eigenvalue weighted by atomic mass is 32.1. The van der Waals surface area contributed by atoms with Gasteiger partial charge in [-0.05, 0) is 18.5 Å². The van der Waals surface area contributed by atoms with Gasteiger partial charge in [0.2, 0.25) is 0 Å². The highest BCUT2D eigenvalue weighted by Gasteiger charge is 2.16. The lowest BCUT2D eigenvalue weighted by Gasteiger charge is -2.08. The first-order chi connectivity index (χ1) is 6.83. The second-order valence-corrected chi connectivity index (χ2v) is 3.55. The molecule has 6 nitrogen and oxygen atoms in total. The third kappa shape index (κ3) is 1.51. The number of hydrogen-bond acceptors (Lipinski definition) is 6. The zero-order valence-corrected chi connectivity index (χ0v) is 8.48. The molecule has 14 heavy (non-hydrogen) atoms. The molecule has 0 aliphatic rings. The molecule has 0 aromatic carbocycles. The van der Waals surface area contributed by atoms with E-state index in [4.69, 9.17) is 5.73 Å². The van der Waals surface area contributed by atoms with Crippen molar-refractivity contribution in [3.05, 3.63) is 23.2 Å². The van der Waals surface area contributed by atoms with Crippen LogP contribution in [0.4, 0.5) is 0 Å². The minimum atomic E-state index is -0.280. The number of aromatic nitrogens is 5. The smallest absolute Gasteiger partial charge is 0.149 e. The van der Waals surface area contributed by atoms with Gasteiger partial charge in [-0.15, -0.1) is 5.10 Å². The fraction of sp³-hybridized carbons (Fsp3) is 0.429. The van der Waals surface area contributed by atoms with Gasteiger partial charge in [0.05, 0.1) is 11.1 Å². The van der Waals surface area contributed by atoms with Gasteiger partial charge in [0.25, 0.3) is 0 Å². The summed E-state index contributed by atoms with van der Waals surface area (Å²) in [5.74, 6) is 0.749. The quantitative estimate of drug-likeness (QED) is 0.782. The number of nitrogens with two attached hydrogens (primary N) is 1. The van der Waals surface area contributed by atoms with Gasteiger partial charge >= 0.3 is 0 Å². The number of rotatable bonds is 3. The summed E-state index contributed by atoms with van der Waals surface area (Å²) in [7, 11) is 0. The Morgan fingerprint density at radius 1 is 1.64 bits per heavy atom. The van der Waals surface area contributed by atoms with Crippen LogP contribution in [0.2, 0.25) is 0 Å². The molecule has 2 rings (SSSR count). The summed E-state index contributed by atoms with van der Waals surface area (Å²) in [6.45, 7) is 2.76. The summed E-state index contributed by atoms with van der Waals surface area (Å²) in [5.41, 5.74) is 5.99. The summed E-state index contributed by atoms with van der Waals surface area (Å²) in [6.07, 6.45) is 3.16. The normalized spacial score (nSPS) is 13.0. The highest BCUT2D eigenvalue weighted by Crippen LogP contribution is 2.18. The monoisotopic (exact) mass is 210 g/mol. The SMILES string of the molecule is CCn1ncnc1C(N)c1cnns1. The molecule has 0 amide bonds. The first-order valence-electron chi connectivity index (χ1n) is 4.23. The third-order valence-corrected chi connectivity index (χ3v) is 2.65. The second kappa shape index (κ2) is 3.81. The first-order valence-corrected chi connectivity index (χ1v) is 5.00. The van der Waals surface area contributed by atoms with Gasteiger partial charge in [-0.2, -0.15) is 5.10 Å². The van der Waals surface area contributed by atoms with Crippen molar-refractivity contribution in [1.29, 1.82) is 0 Å². The molecular formula is C7H10N6S. The molecule has 0 fully saturated rings. The van der Waals surface area contributed by atoms with Gasteiger partial charge in [-0.25, -0.2) is 9.67 Å². The molecule has 0 aliphatic heterocycles. The van der Waals surface area contributed by atoms with Crippen LogP contribution >= 0.6 is 11.5 Å². The molecule has 0 aliphatic carbocycles. The average Bonchev–Trinajstić information content (AvgIpc) is 2.87. The molecule has 1 atom stereocenters. The van der Waals surface area contributed by atoms with E-state index in [1.54, 1.807) is 10.9 Å². The standard InChI is InChI=1S/C7H10N6S/c1-2-13-7(9-4-11-13)6(8)5-3-10-12-14-5/h3-4,6H,2,8H2,1H3. The lowest BCUT2D eigenvalue weighted by atomic mass is 10.2. The van der Waals surface area contributed by atoms with Gasteiger partial charge in [-0.3, -0.25) is 0 Å². The molecule has 2 aromatic heterocycles. The van der Waals surface area contributed by atoms with Crippen LogP contribution in [0.5, 0.6) is 0 Å². The fourth-order valence-electron chi connectivity index (χ4n) is 1.20. The van der Waals surface area contributed by atoms with Crippen LogP contribution in [-0.4, -0.2) is 24.4 Å². The van der Waals surface area contributed by atoms with Crippen molar-refractivity contribution in [3.8, 4) is 0 Å². The Balaban J connectivity index is 2.31. The van der Waals surface area contributed by atoms with Crippen molar-refractivity contribution >= 4 is 11.5 Å². The maximum absolute atomic E-state index is 5.99. The molecule has 7 heteroatoms. The fourth-order valence-corrected chi connectivity index (χ4v) is 1.70. The molecule has 0 bridgehead atoms. The average molecular weight is 210 g/mol. The van der Waals surface area contributed by atoms with Crippen molar-refractivity contribution in [2.24, 2.45) is 5.73 Å². The molecular weight excluding hydrogens is 200 g/mol. The maximum Gasteiger partial charge on any atom is 0.149 e. The van der Waals surface area contributed by atoms with Crippen LogP contribution in [0, 0.1) is 0 Å². The van der Waals surface area contributed by atoms with Crippen molar-refractivity contribution in [2.45, 2.75) is 19.5 Å². The van der Waals surface area contributed by atoms with E-state index in [1.165, 1.54) is 17.9 Å². The Morgan fingerprint density at radius 3 is 3.14 bits per heavy atom. The molecule has 74 valence electrons. The van der Waals surface area contributed by atoms with E-state index < -0.39 is 0 Å². The number of hydrogen-bond donors (Lipinski definition) is 1. The van der Waals surface area contributed by atoms with Gasteiger partial charge in [-0.1, -0.05) is 4.49 Å². The van der Waals surface area contributed by atoms with Crippen LogP contribution in [0.3, 0.4) is 0 Å². The molecule has 1 unspecified atom stereocenters. The summed E-state index contributed by atoms with van der Waals surface area (Å²) >= 11 is 1.28. The van der Waals surface area contributed by atoms with Crippen LogP contribution < -0.4 is 5.73 Å². The Bertz CT molecular complexity index is 394. The van der Waals surface area contributed by atoms with Gasteiger partial charge in [0.15, 0.2) is 0 Å². The topological polar surface area (TPSA) is 82.5 Å². The minimum absolute atomic E-state index is 0.280. The summed E-state index contributed by atoms with van der Waals surface area (Å²) in [5, 5.41) is 7.79. The van der Waals surface area contributed by atoms with Gasteiger partial charge in [0.1, 0.15) is 18.2 Å². The Kier molecular flexibility index (Phi) is 2.51. The third-order valence-electron chi connectivity index (χ3n) is 1.91. The number of aryl methyl sites for hydroxylation is 1. The van der Waals surface area contributed by atoms with Crippen LogP contribution in [0.15, 0.2) is 12.5 Å². The minimum Gasteiger partial charge on any atom is -0.317 e. The molecule has 2 heterocycles. The zero-order valence-electron chi connectivity index (χ0n) is 7.66. The van der Waals surface area contributed by atoms with E-state index in [9.17, 15) is 0 Å². The highest BCUT2D eigenvalue weighted by molar-refractivity contribution is 7.05. The molecule has 0 radical (unpaired) electrons. The molecule has 2 aromatic rings. The van der Waals surface area contributed by atoms with E-state index >= 15 is 0 Å². The molecule has 0 spiro atoms. The summed E-state index contributed by atoms with van der Waals surface area (Å²) in [4.78, 5) is 5.02. The lowest BCUT2D eigenvalue weighted by Crippen LogP contribution is -2.17. The predicted octanol–water partition coefficient (Wildman–Crippen LogP) is 0.198. The Morgan fingerprint density at radius 2 is 2.50 bits per heavy atom. The van der Waals surface area contributed by atoms with Crippen LogP contribution in [0.1, 0.15) is 23.7 Å². The van der Waals surface area contributed by atoms with E-state index in [-0.39, 0.29) is 6.04 Å². The van der Waals surface area contributed by atoms with Gasteiger partial charge < -0.3 is 5.73 Å². The summed E-state index contributed by atoms with van der Waals surface area (Å²) in [6, 6.07) is -0.280. The van der Waals surface area contributed by atoms with Crippen molar-refractivity contribution < 1.29 is 0 Å². The largest absolute Gasteiger partial charge is 0.317 e. The lowest BCUT2D eigenvalue weighted by molar-refractivity contribution is 0.594. The predicted molar refractivity (Wildman–Crippen MR) is 51.6 cm³/mol. The van der Waals surface area contributed by atoms with E-state index in [1.807, 2.05) is 6.92 Å². The zero-order chi connectivity index (χ0) is 9.97. The molecule has 0 saturated carbocycles. The van der Waals surface area contributed by atoms with Crippen molar-refractivity contribution in [2.75, 3.05) is 0 Å². The number of nitrogens with zero attached hydrogens (tertiary/aromatic N) is 5. The van der Waals surface area contributed by atoms with Gasteiger partial charge in [0, 0.05) is 6.54 Å². The Labute approximate surface area is 84.9 Å². The summed E-state index contributed by atoms with van der Waals surface area (Å²) < 4.78 is 5.53. The van der Waals surface area contributed by atoms with Crippen molar-refractivity contribution in [1.82, 2.24) is 24.4 Å². The maximum atomic E-state index is 5.99. The van der Waals surface area contributed by atoms with E-state index in [2.05, 4.69) is 19.7 Å². The molecule has 0 saturated heterocycles. The second-order valence-electron chi connectivity index (χ2n) is 2.73. The molecule has 2 N–H and O–H groups in total. The van der Waals surface area contributed by atoms with E-state index in [0.29, 0.717) is 0 Å².